The van der Waals surface area contributed by atoms with E-state index in [-0.39, 0.29) is 12.1 Å². The van der Waals surface area contributed by atoms with Gasteiger partial charge < -0.3 is 16.2 Å². The lowest BCUT2D eigenvalue weighted by molar-refractivity contribution is 0.0338. The third kappa shape index (κ3) is 2.46. The lowest BCUT2D eigenvalue weighted by atomic mass is 9.75. The smallest absolute Gasteiger partial charge is 0.227 e. The van der Waals surface area contributed by atoms with Gasteiger partial charge >= 0.3 is 0 Å². The van der Waals surface area contributed by atoms with Crippen molar-refractivity contribution < 1.29 is 5.11 Å². The summed E-state index contributed by atoms with van der Waals surface area (Å²) in [6, 6.07) is -0.0211. The Morgan fingerprint density at radius 2 is 2.04 bits per heavy atom. The van der Waals surface area contributed by atoms with E-state index in [0.717, 1.165) is 23.8 Å². The molecule has 24 heavy (non-hydrogen) atoms. The van der Waals surface area contributed by atoms with Crippen molar-refractivity contribution in [3.63, 3.8) is 0 Å². The highest BCUT2D eigenvalue weighted by atomic mass is 16.3. The maximum absolute atomic E-state index is 9.67. The Hall–Kier alpha value is -2.68. The number of nitrogens with zero attached hydrogens (tertiary/aromatic N) is 6. The molecule has 0 radical (unpaired) electrons. The van der Waals surface area contributed by atoms with E-state index in [1.54, 1.807) is 15.6 Å². The lowest BCUT2D eigenvalue weighted by Gasteiger charge is -2.37. The number of anilines is 2. The summed E-state index contributed by atoms with van der Waals surface area (Å²) in [4.78, 5) is 8.90. The number of rotatable bonds is 4. The van der Waals surface area contributed by atoms with Crippen molar-refractivity contribution in [1.29, 1.82) is 0 Å². The van der Waals surface area contributed by atoms with E-state index in [1.807, 2.05) is 26.5 Å². The van der Waals surface area contributed by atoms with Gasteiger partial charge in [-0.05, 0) is 18.8 Å². The van der Waals surface area contributed by atoms with E-state index in [0.29, 0.717) is 23.3 Å². The van der Waals surface area contributed by atoms with Gasteiger partial charge in [0.25, 0.3) is 0 Å². The zero-order valence-corrected chi connectivity index (χ0v) is 13.6. The summed E-state index contributed by atoms with van der Waals surface area (Å²) in [6.07, 6.45) is 6.71. The number of hydrogen-bond acceptors (Lipinski definition) is 7. The van der Waals surface area contributed by atoms with Crippen LogP contribution in [0.25, 0.3) is 11.0 Å². The molecular formula is C15H20N8O. The number of nitrogens with one attached hydrogen (secondary N) is 1. The predicted octanol–water partition coefficient (Wildman–Crippen LogP) is 0.603. The van der Waals surface area contributed by atoms with Crippen molar-refractivity contribution in [3.8, 4) is 0 Å². The second kappa shape index (κ2) is 5.45. The van der Waals surface area contributed by atoms with E-state index in [1.165, 1.54) is 0 Å². The molecule has 1 unspecified atom stereocenters. The normalized spacial score (nSPS) is 21.6. The first-order valence-electron chi connectivity index (χ1n) is 7.89. The van der Waals surface area contributed by atoms with Gasteiger partial charge in [-0.1, -0.05) is 0 Å². The van der Waals surface area contributed by atoms with E-state index in [2.05, 4.69) is 25.5 Å². The Balaban J connectivity index is 1.68. The second-order valence-corrected chi connectivity index (χ2v) is 6.39. The first kappa shape index (κ1) is 14.9. The van der Waals surface area contributed by atoms with Crippen molar-refractivity contribution in [2.24, 2.45) is 20.0 Å². The summed E-state index contributed by atoms with van der Waals surface area (Å²) in [6.45, 7) is 0. The number of aryl methyl sites for hydroxylation is 2. The van der Waals surface area contributed by atoms with E-state index < -0.39 is 0 Å². The second-order valence-electron chi connectivity index (χ2n) is 6.39. The molecule has 4 rings (SSSR count). The fourth-order valence-electron chi connectivity index (χ4n) is 3.22. The van der Waals surface area contributed by atoms with Crippen molar-refractivity contribution in [3.05, 3.63) is 24.2 Å². The maximum atomic E-state index is 9.67. The number of hydrogen-bond donors (Lipinski definition) is 3. The van der Waals surface area contributed by atoms with Crippen molar-refractivity contribution >= 4 is 22.8 Å². The van der Waals surface area contributed by atoms with Crippen LogP contribution in [-0.4, -0.2) is 40.7 Å². The lowest BCUT2D eigenvalue weighted by Crippen LogP contribution is -2.36. The summed E-state index contributed by atoms with van der Waals surface area (Å²) in [7, 11) is 3.70. The molecule has 3 aromatic rings. The first-order chi connectivity index (χ1) is 11.5. The van der Waals surface area contributed by atoms with E-state index in [4.69, 9.17) is 5.73 Å². The molecule has 0 bridgehead atoms. The Morgan fingerprint density at radius 1 is 1.25 bits per heavy atom. The number of aromatic nitrogens is 6. The van der Waals surface area contributed by atoms with Crippen LogP contribution in [0.5, 0.6) is 0 Å². The third-order valence-corrected chi connectivity index (χ3v) is 4.61. The number of aliphatic hydroxyl groups is 1. The molecule has 126 valence electrons. The van der Waals surface area contributed by atoms with Gasteiger partial charge in [-0.25, -0.2) is 0 Å². The molecule has 0 aliphatic heterocycles. The van der Waals surface area contributed by atoms with Crippen LogP contribution >= 0.6 is 0 Å². The minimum Gasteiger partial charge on any atom is -0.393 e. The fraction of sp³-hybridized carbons (Fsp3) is 0.467. The summed E-state index contributed by atoms with van der Waals surface area (Å²) < 4.78 is 3.43. The summed E-state index contributed by atoms with van der Waals surface area (Å²) in [5.41, 5.74) is 7.76. The van der Waals surface area contributed by atoms with Crippen molar-refractivity contribution in [1.82, 2.24) is 29.5 Å². The van der Waals surface area contributed by atoms with Crippen LogP contribution in [0.15, 0.2) is 18.6 Å². The Kier molecular flexibility index (Phi) is 3.38. The zero-order valence-electron chi connectivity index (χ0n) is 13.6. The molecule has 9 nitrogen and oxygen atoms in total. The Labute approximate surface area is 138 Å². The number of fused-ring (bicyclic) bond motifs is 1. The number of nitrogens with two attached hydrogens (primary N) is 1. The fourth-order valence-corrected chi connectivity index (χ4v) is 3.22. The molecule has 1 atom stereocenters. The van der Waals surface area contributed by atoms with Crippen LogP contribution < -0.4 is 11.1 Å². The zero-order chi connectivity index (χ0) is 16.8. The highest BCUT2D eigenvalue weighted by Crippen LogP contribution is 2.39. The van der Waals surface area contributed by atoms with Crippen LogP contribution in [0.3, 0.4) is 0 Å². The molecule has 1 aliphatic rings. The minimum absolute atomic E-state index is 0.0211. The SMILES string of the molecule is Cn1cc(C(Nc2nc(N)c3cnn(C)c3n2)C2CC(O)C2)cn1. The summed E-state index contributed by atoms with van der Waals surface area (Å²) in [5, 5.41) is 22.2. The first-order valence-corrected chi connectivity index (χ1v) is 7.89. The summed E-state index contributed by atoms with van der Waals surface area (Å²) >= 11 is 0. The average Bonchev–Trinajstić information content (AvgIpc) is 3.09. The van der Waals surface area contributed by atoms with Gasteiger partial charge in [0.15, 0.2) is 5.65 Å². The van der Waals surface area contributed by atoms with E-state index >= 15 is 0 Å². The quantitative estimate of drug-likeness (QED) is 0.641. The van der Waals surface area contributed by atoms with Gasteiger partial charge in [0.1, 0.15) is 5.82 Å². The van der Waals surface area contributed by atoms with Crippen molar-refractivity contribution in [2.75, 3.05) is 11.1 Å². The van der Waals surface area contributed by atoms with Crippen LogP contribution in [0.1, 0.15) is 24.4 Å². The Morgan fingerprint density at radius 3 is 2.71 bits per heavy atom. The molecule has 0 aromatic carbocycles. The van der Waals surface area contributed by atoms with Gasteiger partial charge in [0.2, 0.25) is 5.95 Å². The van der Waals surface area contributed by atoms with Crippen molar-refractivity contribution in [2.45, 2.75) is 25.0 Å². The molecule has 1 fully saturated rings. The molecule has 9 heteroatoms. The topological polar surface area (TPSA) is 120 Å². The van der Waals surface area contributed by atoms with Gasteiger partial charge in [-0.3, -0.25) is 9.36 Å². The maximum Gasteiger partial charge on any atom is 0.227 e. The highest BCUT2D eigenvalue weighted by Gasteiger charge is 2.36. The average molecular weight is 328 g/mol. The van der Waals surface area contributed by atoms with Gasteiger partial charge in [0, 0.05) is 25.9 Å². The molecule has 0 saturated heterocycles. The minimum atomic E-state index is -0.235. The largest absolute Gasteiger partial charge is 0.393 e. The standard InChI is InChI=1S/C15H20N8O/c1-22-7-9(5-17-22)12(8-3-10(24)4-8)19-15-20-13(16)11-6-18-23(2)14(11)21-15/h5-8,10,12,24H,3-4H2,1-2H3,(H3,16,19,20,21). The van der Waals surface area contributed by atoms with Crippen LogP contribution in [0.2, 0.25) is 0 Å². The molecule has 1 saturated carbocycles. The summed E-state index contributed by atoms with van der Waals surface area (Å²) in [5.74, 6) is 1.16. The van der Waals surface area contributed by atoms with Gasteiger partial charge in [0.05, 0.1) is 29.9 Å². The van der Waals surface area contributed by atoms with Crippen LogP contribution in [-0.2, 0) is 14.1 Å². The van der Waals surface area contributed by atoms with Crippen LogP contribution in [0.4, 0.5) is 11.8 Å². The molecule has 1 aliphatic carbocycles. The monoisotopic (exact) mass is 328 g/mol. The molecule has 0 spiro atoms. The third-order valence-electron chi connectivity index (χ3n) is 4.61. The van der Waals surface area contributed by atoms with E-state index in [9.17, 15) is 5.11 Å². The number of nitrogen functional groups attached to an aromatic ring is 1. The molecule has 3 aromatic heterocycles. The molecule has 0 amide bonds. The Bertz CT molecular complexity index is 879. The molecule has 4 N–H and O–H groups in total. The van der Waals surface area contributed by atoms with Crippen LogP contribution in [0, 0.1) is 5.92 Å². The van der Waals surface area contributed by atoms with Gasteiger partial charge in [-0.2, -0.15) is 20.2 Å². The predicted molar refractivity (Wildman–Crippen MR) is 89.0 cm³/mol. The molecular weight excluding hydrogens is 308 g/mol. The number of aliphatic hydroxyl groups excluding tert-OH is 1. The highest BCUT2D eigenvalue weighted by molar-refractivity contribution is 5.86. The molecule has 3 heterocycles. The van der Waals surface area contributed by atoms with Gasteiger partial charge in [-0.15, -0.1) is 0 Å².